The summed E-state index contributed by atoms with van der Waals surface area (Å²) in [6.07, 6.45) is 1.16. The number of nitrogens with zero attached hydrogens (tertiary/aromatic N) is 2. The first kappa shape index (κ1) is 23.2. The van der Waals surface area contributed by atoms with Crippen LogP contribution in [0.1, 0.15) is 32.3 Å². The van der Waals surface area contributed by atoms with Crippen molar-refractivity contribution >= 4 is 29.2 Å². The third kappa shape index (κ3) is 5.36. The molecule has 1 saturated heterocycles. The number of carbonyl (C=O) groups is 2. The van der Waals surface area contributed by atoms with Crippen LogP contribution in [-0.4, -0.2) is 49.2 Å². The molecule has 0 radical (unpaired) electrons. The lowest BCUT2D eigenvalue weighted by atomic mass is 9.96. The topological polar surface area (TPSA) is 71.1 Å². The van der Waals surface area contributed by atoms with Crippen molar-refractivity contribution in [1.82, 2.24) is 10.2 Å². The number of rotatable bonds is 5. The minimum absolute atomic E-state index is 0.0190. The largest absolute Gasteiger partial charge is 0.494 e. The zero-order valence-electron chi connectivity index (χ0n) is 19.1. The number of para-hydroxylation sites is 1. The predicted molar refractivity (Wildman–Crippen MR) is 128 cm³/mol. The molecule has 0 aliphatic carbocycles. The Bertz CT molecular complexity index is 1010. The molecule has 7 nitrogen and oxygen atoms in total. The molecule has 176 valence electrons. The number of halogens is 1. The molecule has 0 unspecified atom stereocenters. The fourth-order valence-electron chi connectivity index (χ4n) is 4.37. The Morgan fingerprint density at radius 3 is 2.70 bits per heavy atom. The Balaban J connectivity index is 1.33. The summed E-state index contributed by atoms with van der Waals surface area (Å²) >= 11 is 6.16. The predicted octanol–water partition coefficient (Wildman–Crippen LogP) is 4.47. The molecule has 0 saturated carbocycles. The lowest BCUT2D eigenvalue weighted by molar-refractivity contribution is -0.126. The summed E-state index contributed by atoms with van der Waals surface area (Å²) in [5.41, 5.74) is 1.65. The number of urea groups is 1. The van der Waals surface area contributed by atoms with Gasteiger partial charge in [0.15, 0.2) is 0 Å². The number of amides is 3. The Labute approximate surface area is 199 Å². The number of anilines is 1. The molecule has 2 heterocycles. The van der Waals surface area contributed by atoms with Gasteiger partial charge in [-0.2, -0.15) is 0 Å². The van der Waals surface area contributed by atoms with Crippen molar-refractivity contribution in [2.45, 2.75) is 39.3 Å². The Morgan fingerprint density at radius 1 is 1.18 bits per heavy atom. The number of piperidine rings is 1. The highest BCUT2D eigenvalue weighted by molar-refractivity contribution is 6.31. The molecule has 1 atom stereocenters. The maximum atomic E-state index is 13.3. The number of hydrogen-bond acceptors (Lipinski definition) is 4. The van der Waals surface area contributed by atoms with Gasteiger partial charge in [-0.15, -0.1) is 0 Å². The summed E-state index contributed by atoms with van der Waals surface area (Å²) in [5, 5.41) is 3.60. The van der Waals surface area contributed by atoms with Crippen LogP contribution >= 0.6 is 11.6 Å². The van der Waals surface area contributed by atoms with Crippen LogP contribution < -0.4 is 19.7 Å². The zero-order chi connectivity index (χ0) is 23.4. The van der Waals surface area contributed by atoms with Gasteiger partial charge in [-0.1, -0.05) is 29.8 Å². The molecule has 3 amide bonds. The van der Waals surface area contributed by atoms with E-state index in [1.807, 2.05) is 43.0 Å². The minimum atomic E-state index is -0.112. The van der Waals surface area contributed by atoms with E-state index in [2.05, 4.69) is 5.32 Å². The second-order valence-electron chi connectivity index (χ2n) is 8.45. The number of ether oxygens (including phenoxy) is 2. The highest BCUT2D eigenvalue weighted by Gasteiger charge is 2.34. The molecule has 0 aromatic heterocycles. The highest BCUT2D eigenvalue weighted by Crippen LogP contribution is 2.36. The fourth-order valence-corrected chi connectivity index (χ4v) is 4.53. The average Bonchev–Trinajstić information content (AvgIpc) is 2.83. The van der Waals surface area contributed by atoms with E-state index in [0.717, 1.165) is 11.3 Å². The molecule has 2 aromatic carbocycles. The van der Waals surface area contributed by atoms with Crippen LogP contribution in [0.5, 0.6) is 11.5 Å². The molecule has 2 aliphatic heterocycles. The average molecular weight is 472 g/mol. The quantitative estimate of drug-likeness (QED) is 0.698. The zero-order valence-corrected chi connectivity index (χ0v) is 19.8. The molecular formula is C25H30ClN3O4. The van der Waals surface area contributed by atoms with E-state index in [9.17, 15) is 9.59 Å². The van der Waals surface area contributed by atoms with Crippen molar-refractivity contribution in [1.29, 1.82) is 0 Å². The highest BCUT2D eigenvalue weighted by atomic mass is 35.5. The van der Waals surface area contributed by atoms with Crippen molar-refractivity contribution in [3.8, 4) is 11.5 Å². The van der Waals surface area contributed by atoms with Crippen molar-refractivity contribution < 1.29 is 19.1 Å². The molecule has 1 fully saturated rings. The van der Waals surface area contributed by atoms with Crippen LogP contribution in [0.15, 0.2) is 42.5 Å². The molecule has 0 spiro atoms. The van der Waals surface area contributed by atoms with Gasteiger partial charge in [-0.25, -0.2) is 4.79 Å². The van der Waals surface area contributed by atoms with Gasteiger partial charge in [0.05, 0.1) is 18.8 Å². The Morgan fingerprint density at radius 2 is 1.94 bits per heavy atom. The van der Waals surface area contributed by atoms with E-state index < -0.39 is 0 Å². The Kier molecular flexibility index (Phi) is 7.28. The third-order valence-corrected chi connectivity index (χ3v) is 6.31. The van der Waals surface area contributed by atoms with E-state index >= 15 is 0 Å². The molecule has 2 aromatic rings. The van der Waals surface area contributed by atoms with Crippen LogP contribution in [0.25, 0.3) is 0 Å². The maximum Gasteiger partial charge on any atom is 0.324 e. The summed E-state index contributed by atoms with van der Waals surface area (Å²) in [6, 6.07) is 13.0. The van der Waals surface area contributed by atoms with Gasteiger partial charge in [-0.05, 0) is 51.0 Å². The van der Waals surface area contributed by atoms with E-state index in [0.29, 0.717) is 62.1 Å². The minimum Gasteiger partial charge on any atom is -0.494 e. The SMILES string of the molecule is CCOc1ccccc1CNC(=O)C1CCN(C(=O)N2C[C@@H](C)Oc3ccc(Cl)cc32)CC1. The van der Waals surface area contributed by atoms with Crippen LogP contribution in [-0.2, 0) is 11.3 Å². The summed E-state index contributed by atoms with van der Waals surface area (Å²) < 4.78 is 11.5. The van der Waals surface area contributed by atoms with Crippen molar-refractivity contribution in [2.75, 3.05) is 31.1 Å². The molecule has 33 heavy (non-hydrogen) atoms. The van der Waals surface area contributed by atoms with Crippen LogP contribution in [0, 0.1) is 5.92 Å². The number of carbonyl (C=O) groups excluding carboxylic acids is 2. The third-order valence-electron chi connectivity index (χ3n) is 6.07. The van der Waals surface area contributed by atoms with Crippen molar-refractivity contribution in [3.63, 3.8) is 0 Å². The number of benzene rings is 2. The molecule has 4 rings (SSSR count). The van der Waals surface area contributed by atoms with Gasteiger partial charge in [0.1, 0.15) is 17.6 Å². The smallest absolute Gasteiger partial charge is 0.324 e. The summed E-state index contributed by atoms with van der Waals surface area (Å²) in [6.45, 7) is 6.43. The first-order valence-electron chi connectivity index (χ1n) is 11.5. The van der Waals surface area contributed by atoms with Crippen LogP contribution in [0.2, 0.25) is 5.02 Å². The molecule has 8 heteroatoms. The maximum absolute atomic E-state index is 13.3. The van der Waals surface area contributed by atoms with Gasteiger partial charge in [-0.3, -0.25) is 9.69 Å². The van der Waals surface area contributed by atoms with Crippen LogP contribution in [0.3, 0.4) is 0 Å². The monoisotopic (exact) mass is 471 g/mol. The normalized spacial score (nSPS) is 18.3. The second-order valence-corrected chi connectivity index (χ2v) is 8.89. The summed E-state index contributed by atoms with van der Waals surface area (Å²) in [5.74, 6) is 1.36. The second kappa shape index (κ2) is 10.3. The lowest BCUT2D eigenvalue weighted by Gasteiger charge is -2.39. The van der Waals surface area contributed by atoms with E-state index in [4.69, 9.17) is 21.1 Å². The van der Waals surface area contributed by atoms with E-state index in [1.165, 1.54) is 0 Å². The molecule has 1 N–H and O–H groups in total. The number of hydrogen-bond donors (Lipinski definition) is 1. The van der Waals surface area contributed by atoms with E-state index in [-0.39, 0.29) is 24.0 Å². The van der Waals surface area contributed by atoms with Crippen molar-refractivity contribution in [3.05, 3.63) is 53.1 Å². The first-order chi connectivity index (χ1) is 16.0. The molecule has 0 bridgehead atoms. The van der Waals surface area contributed by atoms with Gasteiger partial charge >= 0.3 is 6.03 Å². The summed E-state index contributed by atoms with van der Waals surface area (Å²) in [4.78, 5) is 29.6. The summed E-state index contributed by atoms with van der Waals surface area (Å²) in [7, 11) is 0. The fraction of sp³-hybridized carbons (Fsp3) is 0.440. The first-order valence-corrected chi connectivity index (χ1v) is 11.8. The number of nitrogens with one attached hydrogen (secondary N) is 1. The Hall–Kier alpha value is -2.93. The van der Waals surface area contributed by atoms with Gasteiger partial charge in [0.25, 0.3) is 0 Å². The van der Waals surface area contributed by atoms with Gasteiger partial charge in [0.2, 0.25) is 5.91 Å². The van der Waals surface area contributed by atoms with Gasteiger partial charge < -0.3 is 19.7 Å². The number of likely N-dealkylation sites (tertiary alicyclic amines) is 1. The van der Waals surface area contributed by atoms with Crippen LogP contribution in [0.4, 0.5) is 10.5 Å². The van der Waals surface area contributed by atoms with E-state index in [1.54, 1.807) is 23.1 Å². The van der Waals surface area contributed by atoms with Crippen molar-refractivity contribution in [2.24, 2.45) is 5.92 Å². The number of fused-ring (bicyclic) bond motifs is 1. The van der Waals surface area contributed by atoms with Gasteiger partial charge in [0, 0.05) is 36.1 Å². The molecule has 2 aliphatic rings. The standard InChI is InChI=1S/C25H30ClN3O4/c1-3-32-22-7-5-4-6-19(22)15-27-24(30)18-10-12-28(13-11-18)25(31)29-16-17(2)33-23-9-8-20(26)14-21(23)29/h4-9,14,17-18H,3,10-13,15-16H2,1-2H3,(H,27,30)/t17-/m1/s1. The lowest BCUT2D eigenvalue weighted by Crippen LogP contribution is -2.52. The molecular weight excluding hydrogens is 442 g/mol.